The molecule has 0 bridgehead atoms. The van der Waals surface area contributed by atoms with Gasteiger partial charge in [-0.3, -0.25) is 14.7 Å². The molecule has 0 amide bonds. The SMILES string of the molecule is C=Nc1cccc(OC2CCN(CC(=O)OC(C)(C)C)CC2)c1. The molecule has 0 N–H and O–H groups in total. The van der Waals surface area contributed by atoms with Crippen LogP contribution in [0.25, 0.3) is 0 Å². The Bertz CT molecular complexity index is 543. The van der Waals surface area contributed by atoms with Crippen molar-refractivity contribution in [2.75, 3.05) is 19.6 Å². The van der Waals surface area contributed by atoms with Gasteiger partial charge in [0.15, 0.2) is 0 Å². The number of hydrogen-bond acceptors (Lipinski definition) is 5. The molecule has 1 aliphatic heterocycles. The maximum atomic E-state index is 11.9. The van der Waals surface area contributed by atoms with Crippen LogP contribution >= 0.6 is 0 Å². The highest BCUT2D eigenvalue weighted by Crippen LogP contribution is 2.23. The molecule has 0 saturated carbocycles. The van der Waals surface area contributed by atoms with Gasteiger partial charge in [-0.1, -0.05) is 6.07 Å². The van der Waals surface area contributed by atoms with Crippen molar-refractivity contribution in [3.8, 4) is 5.75 Å². The van der Waals surface area contributed by atoms with E-state index in [1.807, 2.05) is 45.0 Å². The molecule has 1 aromatic rings. The fourth-order valence-electron chi connectivity index (χ4n) is 2.59. The van der Waals surface area contributed by atoms with Crippen molar-refractivity contribution in [3.63, 3.8) is 0 Å². The number of aliphatic imine (C=N–C) groups is 1. The lowest BCUT2D eigenvalue weighted by Crippen LogP contribution is -2.42. The van der Waals surface area contributed by atoms with Gasteiger partial charge in [0.25, 0.3) is 0 Å². The zero-order valence-corrected chi connectivity index (χ0v) is 14.2. The van der Waals surface area contributed by atoms with E-state index in [0.29, 0.717) is 6.54 Å². The number of piperidine rings is 1. The lowest BCUT2D eigenvalue weighted by Gasteiger charge is -2.32. The Hall–Kier alpha value is -1.88. The van der Waals surface area contributed by atoms with Gasteiger partial charge < -0.3 is 9.47 Å². The van der Waals surface area contributed by atoms with Crippen LogP contribution in [0.5, 0.6) is 5.75 Å². The first-order chi connectivity index (χ1) is 10.9. The molecular formula is C18H26N2O3. The number of benzene rings is 1. The van der Waals surface area contributed by atoms with E-state index in [1.165, 1.54) is 0 Å². The maximum absolute atomic E-state index is 11.9. The van der Waals surface area contributed by atoms with E-state index in [2.05, 4.69) is 16.6 Å². The lowest BCUT2D eigenvalue weighted by molar-refractivity contribution is -0.156. The minimum Gasteiger partial charge on any atom is -0.490 e. The third kappa shape index (κ3) is 6.02. The summed E-state index contributed by atoms with van der Waals surface area (Å²) in [5, 5.41) is 0. The number of hydrogen-bond donors (Lipinski definition) is 0. The highest BCUT2D eigenvalue weighted by Gasteiger charge is 2.24. The Labute approximate surface area is 138 Å². The van der Waals surface area contributed by atoms with Crippen LogP contribution in [0.2, 0.25) is 0 Å². The zero-order chi connectivity index (χ0) is 16.9. The summed E-state index contributed by atoms with van der Waals surface area (Å²) in [6.45, 7) is 11.2. The Morgan fingerprint density at radius 3 is 2.65 bits per heavy atom. The average molecular weight is 318 g/mol. The van der Waals surface area contributed by atoms with Gasteiger partial charge in [-0.05, 0) is 52.5 Å². The van der Waals surface area contributed by atoms with Gasteiger partial charge in [0.05, 0.1) is 12.2 Å². The summed E-state index contributed by atoms with van der Waals surface area (Å²) in [6, 6.07) is 7.63. The molecule has 126 valence electrons. The van der Waals surface area contributed by atoms with Gasteiger partial charge >= 0.3 is 5.97 Å². The van der Waals surface area contributed by atoms with E-state index in [1.54, 1.807) is 0 Å². The monoisotopic (exact) mass is 318 g/mol. The summed E-state index contributed by atoms with van der Waals surface area (Å²) in [4.78, 5) is 17.9. The molecule has 2 rings (SSSR count). The highest BCUT2D eigenvalue weighted by atomic mass is 16.6. The Balaban J connectivity index is 1.77. The van der Waals surface area contributed by atoms with Crippen LogP contribution in [0.1, 0.15) is 33.6 Å². The molecule has 1 fully saturated rings. The zero-order valence-electron chi connectivity index (χ0n) is 14.2. The first kappa shape index (κ1) is 17.5. The largest absolute Gasteiger partial charge is 0.490 e. The van der Waals surface area contributed by atoms with Crippen LogP contribution in [-0.4, -0.2) is 48.9 Å². The van der Waals surface area contributed by atoms with Crippen molar-refractivity contribution in [1.29, 1.82) is 0 Å². The van der Waals surface area contributed by atoms with E-state index >= 15 is 0 Å². The minimum absolute atomic E-state index is 0.165. The normalized spacial score (nSPS) is 16.8. The second-order valence-corrected chi connectivity index (χ2v) is 6.84. The van der Waals surface area contributed by atoms with E-state index in [0.717, 1.165) is 37.4 Å². The van der Waals surface area contributed by atoms with Crippen LogP contribution in [-0.2, 0) is 9.53 Å². The van der Waals surface area contributed by atoms with E-state index in [9.17, 15) is 4.79 Å². The summed E-state index contributed by atoms with van der Waals surface area (Å²) in [5.74, 6) is 0.655. The number of rotatable bonds is 5. The standard InChI is InChI=1S/C18H26N2O3/c1-18(2,3)23-17(21)13-20-10-8-15(9-11-20)22-16-7-5-6-14(12-16)19-4/h5-7,12,15H,4,8-11,13H2,1-3H3. The smallest absolute Gasteiger partial charge is 0.320 e. The minimum atomic E-state index is -0.428. The molecular weight excluding hydrogens is 292 g/mol. The second-order valence-electron chi connectivity index (χ2n) is 6.84. The first-order valence-electron chi connectivity index (χ1n) is 8.03. The number of carbonyl (C=O) groups excluding carboxylic acids is 1. The molecule has 0 radical (unpaired) electrons. The molecule has 5 heteroatoms. The van der Waals surface area contributed by atoms with Crippen LogP contribution in [0.4, 0.5) is 5.69 Å². The molecule has 1 saturated heterocycles. The first-order valence-corrected chi connectivity index (χ1v) is 8.03. The molecule has 5 nitrogen and oxygen atoms in total. The van der Waals surface area contributed by atoms with E-state index < -0.39 is 5.60 Å². The lowest BCUT2D eigenvalue weighted by atomic mass is 10.1. The molecule has 23 heavy (non-hydrogen) atoms. The Morgan fingerprint density at radius 1 is 1.35 bits per heavy atom. The average Bonchev–Trinajstić information content (AvgIpc) is 2.47. The predicted octanol–water partition coefficient (Wildman–Crippen LogP) is 3.20. The quantitative estimate of drug-likeness (QED) is 0.618. The molecule has 0 aromatic heterocycles. The number of esters is 1. The van der Waals surface area contributed by atoms with Crippen molar-refractivity contribution in [2.24, 2.45) is 4.99 Å². The predicted molar refractivity (Wildman–Crippen MR) is 91.6 cm³/mol. The summed E-state index contributed by atoms with van der Waals surface area (Å²) < 4.78 is 11.4. The van der Waals surface area contributed by atoms with E-state index in [-0.39, 0.29) is 12.1 Å². The van der Waals surface area contributed by atoms with Gasteiger partial charge in [-0.2, -0.15) is 0 Å². The van der Waals surface area contributed by atoms with Crippen molar-refractivity contribution in [1.82, 2.24) is 4.90 Å². The van der Waals surface area contributed by atoms with Gasteiger partial charge in [0.2, 0.25) is 0 Å². The summed E-state index contributed by atoms with van der Waals surface area (Å²) in [6.07, 6.45) is 1.97. The third-order valence-electron chi connectivity index (χ3n) is 3.61. The number of nitrogens with zero attached hydrogens (tertiary/aromatic N) is 2. The highest BCUT2D eigenvalue weighted by molar-refractivity contribution is 5.72. The second kappa shape index (κ2) is 7.59. The van der Waals surface area contributed by atoms with Crippen LogP contribution < -0.4 is 4.74 Å². The van der Waals surface area contributed by atoms with Gasteiger partial charge in [0, 0.05) is 19.2 Å². The van der Waals surface area contributed by atoms with Gasteiger partial charge in [0.1, 0.15) is 17.5 Å². The molecule has 0 unspecified atom stereocenters. The van der Waals surface area contributed by atoms with Gasteiger partial charge in [-0.25, -0.2) is 0 Å². The Morgan fingerprint density at radius 2 is 2.04 bits per heavy atom. The molecule has 0 spiro atoms. The van der Waals surface area contributed by atoms with Crippen LogP contribution in [0.15, 0.2) is 29.3 Å². The Kier molecular flexibility index (Phi) is 5.77. The maximum Gasteiger partial charge on any atom is 0.320 e. The van der Waals surface area contributed by atoms with Gasteiger partial charge in [-0.15, -0.1) is 0 Å². The van der Waals surface area contributed by atoms with E-state index in [4.69, 9.17) is 9.47 Å². The van der Waals surface area contributed by atoms with Crippen molar-refractivity contribution in [2.45, 2.75) is 45.3 Å². The summed E-state index contributed by atoms with van der Waals surface area (Å²) in [7, 11) is 0. The van der Waals surface area contributed by atoms with Crippen LogP contribution in [0, 0.1) is 0 Å². The summed E-state index contributed by atoms with van der Waals surface area (Å²) in [5.41, 5.74) is 0.382. The number of ether oxygens (including phenoxy) is 2. The molecule has 1 heterocycles. The third-order valence-corrected chi connectivity index (χ3v) is 3.61. The van der Waals surface area contributed by atoms with Crippen molar-refractivity contribution < 1.29 is 14.3 Å². The van der Waals surface area contributed by atoms with Crippen molar-refractivity contribution in [3.05, 3.63) is 24.3 Å². The summed E-state index contributed by atoms with van der Waals surface area (Å²) >= 11 is 0. The topological polar surface area (TPSA) is 51.1 Å². The molecule has 1 aliphatic rings. The van der Waals surface area contributed by atoms with Crippen LogP contribution in [0.3, 0.4) is 0 Å². The molecule has 0 aliphatic carbocycles. The molecule has 1 aromatic carbocycles. The number of likely N-dealkylation sites (tertiary alicyclic amines) is 1. The molecule has 0 atom stereocenters. The fraction of sp³-hybridized carbons (Fsp3) is 0.556. The fourth-order valence-corrected chi connectivity index (χ4v) is 2.59. The number of carbonyl (C=O) groups is 1. The van der Waals surface area contributed by atoms with Crippen molar-refractivity contribution >= 4 is 18.4 Å².